The van der Waals surface area contributed by atoms with Crippen LogP contribution in [-0.2, 0) is 0 Å². The summed E-state index contributed by atoms with van der Waals surface area (Å²) in [4.78, 5) is 10.6. The second kappa shape index (κ2) is 16.1. The van der Waals surface area contributed by atoms with Crippen molar-refractivity contribution in [3.8, 4) is 84.3 Å². The Morgan fingerprint density at radius 2 is 1.09 bits per heavy atom. The molecule has 9 aromatic carbocycles. The van der Waals surface area contributed by atoms with Gasteiger partial charge in [0.2, 0.25) is 0 Å². The van der Waals surface area contributed by atoms with E-state index < -0.39 is 6.85 Å². The molecule has 1 N–H and O–H groups in total. The number of hydrogen-bond donors (Lipinski definition) is 1. The van der Waals surface area contributed by atoms with Crippen LogP contribution >= 0.6 is 0 Å². The van der Waals surface area contributed by atoms with Crippen LogP contribution in [0.5, 0.6) is 5.75 Å². The molecule has 0 spiro atoms. The number of rotatable bonds is 8. The molecule has 0 fully saturated rings. The Balaban J connectivity index is 1.12. The van der Waals surface area contributed by atoms with Gasteiger partial charge in [-0.1, -0.05) is 157 Å². The molecule has 312 valence electrons. The molecule has 0 aliphatic heterocycles. The SMILES string of the molecule is [2H]C([2H])([2H])c1ccc(-n2c(-c3ccccc3O)nc3c(-c4cc(-c5cc(-c6ccc(-c7ccccc7)cc6)ccn5)c5c(c4)c4ccccc4n5-c4ccccc4)cccc32)c(-c2ccccc2)c1. The highest BCUT2D eigenvalue weighted by molar-refractivity contribution is 6.16. The van der Waals surface area contributed by atoms with Gasteiger partial charge in [0.25, 0.3) is 0 Å². The fourth-order valence-electron chi connectivity index (χ4n) is 9.54. The molecular weight excluding hydrogens is 805 g/mol. The summed E-state index contributed by atoms with van der Waals surface area (Å²) in [5, 5.41) is 13.7. The quantitative estimate of drug-likeness (QED) is 0.166. The number of aryl methyl sites for hydroxylation is 1. The van der Waals surface area contributed by atoms with E-state index in [9.17, 15) is 5.11 Å². The third-order valence-corrected chi connectivity index (χ3v) is 12.6. The van der Waals surface area contributed by atoms with Gasteiger partial charge in [-0.3, -0.25) is 9.55 Å². The summed E-state index contributed by atoms with van der Waals surface area (Å²) >= 11 is 0. The summed E-state index contributed by atoms with van der Waals surface area (Å²) in [7, 11) is 0. The molecule has 0 aliphatic carbocycles. The van der Waals surface area contributed by atoms with Gasteiger partial charge in [-0.15, -0.1) is 0 Å². The van der Waals surface area contributed by atoms with Crippen LogP contribution in [0.2, 0.25) is 0 Å². The van der Waals surface area contributed by atoms with Gasteiger partial charge < -0.3 is 9.67 Å². The minimum atomic E-state index is -2.33. The zero-order valence-electron chi connectivity index (χ0n) is 38.7. The van der Waals surface area contributed by atoms with Crippen molar-refractivity contribution < 1.29 is 9.22 Å². The van der Waals surface area contributed by atoms with E-state index in [2.05, 4.69) is 132 Å². The minimum Gasteiger partial charge on any atom is -0.507 e. The van der Waals surface area contributed by atoms with Crippen molar-refractivity contribution in [1.82, 2.24) is 19.1 Å². The molecule has 3 heterocycles. The van der Waals surface area contributed by atoms with Crippen LogP contribution in [0, 0.1) is 6.85 Å². The topological polar surface area (TPSA) is 55.9 Å². The summed E-state index contributed by atoms with van der Waals surface area (Å²) in [6, 6.07) is 75.3. The Kier molecular flexibility index (Phi) is 8.68. The predicted molar refractivity (Wildman–Crippen MR) is 272 cm³/mol. The van der Waals surface area contributed by atoms with Gasteiger partial charge in [0.1, 0.15) is 11.6 Å². The maximum absolute atomic E-state index is 11.5. The van der Waals surface area contributed by atoms with E-state index in [1.54, 1.807) is 24.3 Å². The average molecular weight is 850 g/mol. The lowest BCUT2D eigenvalue weighted by atomic mass is 9.95. The number of para-hydroxylation sites is 4. The number of imidazole rings is 1. The highest BCUT2D eigenvalue weighted by Crippen LogP contribution is 2.44. The number of benzene rings is 9. The van der Waals surface area contributed by atoms with Crippen LogP contribution in [0.25, 0.3) is 111 Å². The van der Waals surface area contributed by atoms with E-state index in [1.807, 2.05) is 83.6 Å². The van der Waals surface area contributed by atoms with Gasteiger partial charge in [-0.05, 0) is 113 Å². The lowest BCUT2D eigenvalue weighted by Crippen LogP contribution is -2.01. The fraction of sp³-hybridized carbons (Fsp3) is 0.0164. The lowest BCUT2D eigenvalue weighted by Gasteiger charge is -2.16. The van der Waals surface area contributed by atoms with Gasteiger partial charge in [-0.25, -0.2) is 4.98 Å². The molecule has 0 amide bonds. The second-order valence-corrected chi connectivity index (χ2v) is 16.5. The van der Waals surface area contributed by atoms with Crippen LogP contribution in [0.1, 0.15) is 9.68 Å². The summed E-state index contributed by atoms with van der Waals surface area (Å²) in [5.41, 5.74) is 15.8. The summed E-state index contributed by atoms with van der Waals surface area (Å²) in [6.07, 6.45) is 1.90. The van der Waals surface area contributed by atoms with Gasteiger partial charge in [0.05, 0.1) is 39.0 Å². The van der Waals surface area contributed by atoms with Crippen LogP contribution < -0.4 is 0 Å². The number of hydrogen-bond acceptors (Lipinski definition) is 3. The average Bonchev–Trinajstić information content (AvgIpc) is 3.95. The second-order valence-electron chi connectivity index (χ2n) is 16.5. The minimum absolute atomic E-state index is 0.0778. The number of phenols is 1. The smallest absolute Gasteiger partial charge is 0.149 e. The van der Waals surface area contributed by atoms with E-state index in [-0.39, 0.29) is 11.3 Å². The Hall–Kier alpha value is -8.80. The van der Waals surface area contributed by atoms with Crippen molar-refractivity contribution in [2.24, 2.45) is 0 Å². The molecule has 3 aromatic heterocycles. The normalized spacial score (nSPS) is 12.3. The molecular formula is C61H42N4O. The Bertz CT molecular complexity index is 3880. The van der Waals surface area contributed by atoms with E-state index in [1.165, 1.54) is 5.56 Å². The number of aromatic hydroxyl groups is 1. The molecule has 0 saturated carbocycles. The maximum atomic E-state index is 11.5. The molecule has 0 aliphatic rings. The number of aromatic nitrogens is 4. The van der Waals surface area contributed by atoms with Crippen molar-refractivity contribution in [2.45, 2.75) is 6.85 Å². The summed E-state index contributed by atoms with van der Waals surface area (Å²) in [5.74, 6) is 0.595. The molecule has 5 nitrogen and oxygen atoms in total. The van der Waals surface area contributed by atoms with Crippen LogP contribution in [0.15, 0.2) is 231 Å². The molecule has 0 unspecified atom stereocenters. The predicted octanol–water partition coefficient (Wildman–Crippen LogP) is 15.5. The van der Waals surface area contributed by atoms with Gasteiger partial charge in [0, 0.05) is 43.5 Å². The van der Waals surface area contributed by atoms with Gasteiger partial charge >= 0.3 is 0 Å². The monoisotopic (exact) mass is 849 g/mol. The standard InChI is InChI=1S/C61H42N4O/c1-40-28-33-56(51(36-40)44-18-7-3-8-19-44)65-57-26-15-24-48(59(57)63-61(65)50-23-12-14-27-58(50)66)46-37-52-49-22-11-13-25-55(49)64(47-20-9-4-10-21-47)60(52)53(38-46)54-39-45(34-35-62-54)43-31-29-42(30-32-43)41-16-5-2-6-17-41/h2-39,66H,1H3/i1D3. The van der Waals surface area contributed by atoms with Crippen molar-refractivity contribution in [3.05, 3.63) is 236 Å². The molecule has 12 rings (SSSR count). The summed E-state index contributed by atoms with van der Waals surface area (Å²) < 4.78 is 29.4. The molecule has 5 heteroatoms. The van der Waals surface area contributed by atoms with Crippen LogP contribution in [0.4, 0.5) is 0 Å². The van der Waals surface area contributed by atoms with Crippen LogP contribution in [0.3, 0.4) is 0 Å². The molecule has 0 atom stereocenters. The van der Waals surface area contributed by atoms with Crippen molar-refractivity contribution >= 4 is 32.8 Å². The number of fused-ring (bicyclic) bond motifs is 4. The van der Waals surface area contributed by atoms with Crippen LogP contribution in [-0.4, -0.2) is 24.2 Å². The van der Waals surface area contributed by atoms with Crippen molar-refractivity contribution in [3.63, 3.8) is 0 Å². The molecule has 12 aromatic rings. The zero-order chi connectivity index (χ0) is 46.6. The first-order chi connectivity index (χ1) is 33.8. The molecule has 0 saturated heterocycles. The number of phenolic OH excluding ortho intramolecular Hbond substituents is 1. The number of nitrogens with zero attached hydrogens (tertiary/aromatic N) is 4. The van der Waals surface area contributed by atoms with E-state index in [0.717, 1.165) is 88.9 Å². The molecule has 66 heavy (non-hydrogen) atoms. The molecule has 0 radical (unpaired) electrons. The third-order valence-electron chi connectivity index (χ3n) is 12.6. The zero-order valence-corrected chi connectivity index (χ0v) is 35.7. The van der Waals surface area contributed by atoms with E-state index in [4.69, 9.17) is 14.1 Å². The van der Waals surface area contributed by atoms with Crippen molar-refractivity contribution in [1.29, 1.82) is 0 Å². The Morgan fingerprint density at radius 1 is 0.439 bits per heavy atom. The van der Waals surface area contributed by atoms with Gasteiger partial charge in [-0.2, -0.15) is 0 Å². The first-order valence-corrected chi connectivity index (χ1v) is 22.0. The summed E-state index contributed by atoms with van der Waals surface area (Å²) in [6.45, 7) is -2.33. The Labute approximate surface area is 387 Å². The van der Waals surface area contributed by atoms with Gasteiger partial charge in [0.15, 0.2) is 0 Å². The largest absolute Gasteiger partial charge is 0.507 e. The fourth-order valence-corrected chi connectivity index (χ4v) is 9.54. The maximum Gasteiger partial charge on any atom is 0.149 e. The first-order valence-electron chi connectivity index (χ1n) is 23.5. The van der Waals surface area contributed by atoms with E-state index in [0.29, 0.717) is 16.9 Å². The lowest BCUT2D eigenvalue weighted by molar-refractivity contribution is 0.477. The number of pyridine rings is 1. The van der Waals surface area contributed by atoms with Crippen molar-refractivity contribution in [2.75, 3.05) is 0 Å². The Morgan fingerprint density at radius 3 is 1.86 bits per heavy atom. The molecule has 0 bridgehead atoms. The van der Waals surface area contributed by atoms with E-state index >= 15 is 0 Å². The highest BCUT2D eigenvalue weighted by Gasteiger charge is 2.24. The third kappa shape index (κ3) is 6.65. The highest BCUT2D eigenvalue weighted by atomic mass is 16.3. The first kappa shape index (κ1) is 35.6.